The van der Waals surface area contributed by atoms with Crippen LogP contribution in [0, 0.1) is 17.6 Å². The van der Waals surface area contributed by atoms with Crippen LogP contribution in [0.15, 0.2) is 48.8 Å². The number of anilines is 1. The van der Waals surface area contributed by atoms with Gasteiger partial charge in [0.2, 0.25) is 5.91 Å². The smallest absolute Gasteiger partial charge is 0.230 e. The van der Waals surface area contributed by atoms with E-state index in [0.29, 0.717) is 41.1 Å². The Labute approximate surface area is 160 Å². The van der Waals surface area contributed by atoms with E-state index in [1.165, 1.54) is 25.4 Å². The van der Waals surface area contributed by atoms with Gasteiger partial charge in [-0.1, -0.05) is 0 Å². The number of rotatable bonds is 5. The number of benzene rings is 2. The van der Waals surface area contributed by atoms with Gasteiger partial charge >= 0.3 is 0 Å². The summed E-state index contributed by atoms with van der Waals surface area (Å²) in [6.45, 7) is 0.472. The van der Waals surface area contributed by atoms with Crippen LogP contribution in [0.5, 0.6) is 5.75 Å². The summed E-state index contributed by atoms with van der Waals surface area (Å²) in [6.07, 6.45) is 4.02. The molecule has 5 nitrogen and oxygen atoms in total. The number of ether oxygens (including phenoxy) is 1. The lowest BCUT2D eigenvalue weighted by molar-refractivity contribution is -0.120. The number of hydrogen-bond donors (Lipinski definition) is 1. The lowest BCUT2D eigenvalue weighted by Crippen LogP contribution is -2.28. The molecular weight excluding hydrogens is 364 g/mol. The molecule has 1 aliphatic heterocycles. The Morgan fingerprint density at radius 2 is 2.07 bits per heavy atom. The second-order valence-electron chi connectivity index (χ2n) is 6.79. The van der Waals surface area contributed by atoms with E-state index in [-0.39, 0.29) is 24.1 Å². The fraction of sp³-hybridized carbons (Fsp3) is 0.238. The normalized spacial score (nSPS) is 16.6. The lowest BCUT2D eigenvalue weighted by atomic mass is 9.97. The standard InChI is InChI=1S/C21H19F2N3O2/c1-28-17-3-5-19(22)14(9-17)8-13-6-7-26(21(13)27)16-2-4-18(20(23)10-16)15-11-24-25-12-15/h2-5,9-13H,6-8H2,1H3,(H,24,25). The molecule has 0 bridgehead atoms. The minimum Gasteiger partial charge on any atom is -0.497 e. The summed E-state index contributed by atoms with van der Waals surface area (Å²) < 4.78 is 33.8. The second kappa shape index (κ2) is 7.42. The van der Waals surface area contributed by atoms with Crippen molar-refractivity contribution in [3.63, 3.8) is 0 Å². The van der Waals surface area contributed by atoms with Crippen LogP contribution in [-0.4, -0.2) is 29.8 Å². The van der Waals surface area contributed by atoms with Crippen molar-refractivity contribution >= 4 is 11.6 Å². The first-order valence-electron chi connectivity index (χ1n) is 8.99. The van der Waals surface area contributed by atoms with Gasteiger partial charge in [0.05, 0.1) is 13.3 Å². The number of carbonyl (C=O) groups excluding carboxylic acids is 1. The van der Waals surface area contributed by atoms with Gasteiger partial charge in [-0.3, -0.25) is 9.89 Å². The number of carbonyl (C=O) groups is 1. The Bertz CT molecular complexity index is 1000. The van der Waals surface area contributed by atoms with Gasteiger partial charge in [-0.25, -0.2) is 8.78 Å². The van der Waals surface area contributed by atoms with E-state index in [1.54, 1.807) is 35.4 Å². The molecule has 0 spiro atoms. The third-order valence-corrected chi connectivity index (χ3v) is 5.11. The molecule has 1 aliphatic rings. The minimum atomic E-state index is -0.422. The van der Waals surface area contributed by atoms with Crippen LogP contribution in [0.3, 0.4) is 0 Å². The van der Waals surface area contributed by atoms with E-state index in [2.05, 4.69) is 10.2 Å². The maximum Gasteiger partial charge on any atom is 0.230 e. The Morgan fingerprint density at radius 3 is 2.79 bits per heavy atom. The molecular formula is C21H19F2N3O2. The first-order chi connectivity index (χ1) is 13.6. The molecule has 0 aliphatic carbocycles. The third-order valence-electron chi connectivity index (χ3n) is 5.11. The predicted octanol–water partition coefficient (Wildman–Crippen LogP) is 3.96. The van der Waals surface area contributed by atoms with Gasteiger partial charge < -0.3 is 9.64 Å². The van der Waals surface area contributed by atoms with Crippen LogP contribution in [0.2, 0.25) is 0 Å². The van der Waals surface area contributed by atoms with E-state index in [4.69, 9.17) is 4.74 Å². The number of aromatic nitrogens is 2. The van der Waals surface area contributed by atoms with Gasteiger partial charge in [0.1, 0.15) is 17.4 Å². The van der Waals surface area contributed by atoms with Gasteiger partial charge in [-0.2, -0.15) is 5.10 Å². The largest absolute Gasteiger partial charge is 0.497 e. The van der Waals surface area contributed by atoms with Crippen LogP contribution in [0.1, 0.15) is 12.0 Å². The van der Waals surface area contributed by atoms with Crippen molar-refractivity contribution in [2.24, 2.45) is 5.92 Å². The van der Waals surface area contributed by atoms with E-state index in [1.807, 2.05) is 0 Å². The first-order valence-corrected chi connectivity index (χ1v) is 8.99. The van der Waals surface area contributed by atoms with E-state index < -0.39 is 5.82 Å². The highest BCUT2D eigenvalue weighted by Gasteiger charge is 2.33. The highest BCUT2D eigenvalue weighted by Crippen LogP contribution is 2.32. The van der Waals surface area contributed by atoms with Crippen LogP contribution < -0.4 is 9.64 Å². The van der Waals surface area contributed by atoms with Crippen molar-refractivity contribution in [3.8, 4) is 16.9 Å². The summed E-state index contributed by atoms with van der Waals surface area (Å²) in [5, 5.41) is 6.48. The number of amides is 1. The monoisotopic (exact) mass is 383 g/mol. The maximum atomic E-state index is 14.5. The van der Waals surface area contributed by atoms with Crippen molar-refractivity contribution in [2.45, 2.75) is 12.8 Å². The van der Waals surface area contributed by atoms with Crippen molar-refractivity contribution in [2.75, 3.05) is 18.6 Å². The molecule has 1 N–H and O–H groups in total. The fourth-order valence-corrected chi connectivity index (χ4v) is 3.59. The molecule has 0 radical (unpaired) electrons. The summed E-state index contributed by atoms with van der Waals surface area (Å²) in [7, 11) is 1.52. The second-order valence-corrected chi connectivity index (χ2v) is 6.79. The average molecular weight is 383 g/mol. The molecule has 1 atom stereocenters. The Kier molecular flexibility index (Phi) is 4.81. The van der Waals surface area contributed by atoms with Crippen molar-refractivity contribution in [3.05, 3.63) is 66.0 Å². The topological polar surface area (TPSA) is 58.2 Å². The number of methoxy groups -OCH3 is 1. The number of hydrogen-bond acceptors (Lipinski definition) is 3. The fourth-order valence-electron chi connectivity index (χ4n) is 3.59. The molecule has 2 aromatic carbocycles. The van der Waals surface area contributed by atoms with E-state index in [9.17, 15) is 13.6 Å². The molecule has 0 saturated carbocycles. The van der Waals surface area contributed by atoms with Crippen LogP contribution in [-0.2, 0) is 11.2 Å². The molecule has 3 aromatic rings. The first kappa shape index (κ1) is 18.2. The Hall–Kier alpha value is -3.22. The molecule has 2 heterocycles. The number of aromatic amines is 1. The number of nitrogens with zero attached hydrogens (tertiary/aromatic N) is 2. The van der Waals surface area contributed by atoms with E-state index >= 15 is 0 Å². The van der Waals surface area contributed by atoms with E-state index in [0.717, 1.165) is 0 Å². The number of nitrogens with one attached hydrogen (secondary N) is 1. The molecule has 1 unspecified atom stereocenters. The summed E-state index contributed by atoms with van der Waals surface area (Å²) in [6, 6.07) is 9.22. The molecule has 1 amide bonds. The van der Waals surface area contributed by atoms with Crippen molar-refractivity contribution in [1.29, 1.82) is 0 Å². The van der Waals surface area contributed by atoms with Gasteiger partial charge in [0, 0.05) is 35.5 Å². The van der Waals surface area contributed by atoms with Crippen LogP contribution in [0.4, 0.5) is 14.5 Å². The number of H-pyrrole nitrogens is 1. The van der Waals surface area contributed by atoms with Gasteiger partial charge in [0.15, 0.2) is 0 Å². The van der Waals surface area contributed by atoms with Gasteiger partial charge in [0.25, 0.3) is 0 Å². The zero-order valence-corrected chi connectivity index (χ0v) is 15.3. The molecule has 144 valence electrons. The summed E-state index contributed by atoms with van der Waals surface area (Å²) >= 11 is 0. The van der Waals surface area contributed by atoms with Crippen molar-refractivity contribution in [1.82, 2.24) is 10.2 Å². The van der Waals surface area contributed by atoms with Crippen molar-refractivity contribution < 1.29 is 18.3 Å². The molecule has 28 heavy (non-hydrogen) atoms. The van der Waals surface area contributed by atoms with Gasteiger partial charge in [-0.15, -0.1) is 0 Å². The third kappa shape index (κ3) is 3.35. The summed E-state index contributed by atoms with van der Waals surface area (Å²) in [5.74, 6) is -0.706. The highest BCUT2D eigenvalue weighted by molar-refractivity contribution is 5.97. The SMILES string of the molecule is COc1ccc(F)c(CC2CCN(c3ccc(-c4cn[nH]c4)c(F)c3)C2=O)c1. The summed E-state index contributed by atoms with van der Waals surface area (Å²) in [4.78, 5) is 14.4. The zero-order valence-electron chi connectivity index (χ0n) is 15.3. The molecule has 4 rings (SSSR count). The maximum absolute atomic E-state index is 14.5. The molecule has 1 aromatic heterocycles. The quantitative estimate of drug-likeness (QED) is 0.726. The van der Waals surface area contributed by atoms with Crippen LogP contribution >= 0.6 is 0 Å². The lowest BCUT2D eigenvalue weighted by Gasteiger charge is -2.18. The Morgan fingerprint density at radius 1 is 1.21 bits per heavy atom. The minimum absolute atomic E-state index is 0.127. The molecule has 1 fully saturated rings. The Balaban J connectivity index is 1.52. The molecule has 1 saturated heterocycles. The zero-order chi connectivity index (χ0) is 19.7. The summed E-state index contributed by atoms with van der Waals surface area (Å²) in [5.41, 5.74) is 2.01. The average Bonchev–Trinajstić information content (AvgIpc) is 3.34. The van der Waals surface area contributed by atoms with Crippen LogP contribution in [0.25, 0.3) is 11.1 Å². The van der Waals surface area contributed by atoms with Gasteiger partial charge in [-0.05, 0) is 54.8 Å². The molecule has 7 heteroatoms. The highest BCUT2D eigenvalue weighted by atomic mass is 19.1. The predicted molar refractivity (Wildman–Crippen MR) is 101 cm³/mol. The number of halogens is 2.